The van der Waals surface area contributed by atoms with E-state index in [1.807, 2.05) is 32.9 Å². The molecular formula is C21H25N3O3. The van der Waals surface area contributed by atoms with Gasteiger partial charge in [0.15, 0.2) is 0 Å². The summed E-state index contributed by atoms with van der Waals surface area (Å²) in [6.45, 7) is 8.05. The molecule has 0 spiro atoms. The highest BCUT2D eigenvalue weighted by molar-refractivity contribution is 5.96. The SMILES string of the molecule is CC(C)(C)Oc1ccc(C(=O)N2CCN(C(=O)c3ccncc3)CC2)cc1. The molecule has 27 heavy (non-hydrogen) atoms. The van der Waals surface area contributed by atoms with Crippen LogP contribution in [0.25, 0.3) is 0 Å². The van der Waals surface area contributed by atoms with Crippen molar-refractivity contribution in [3.05, 3.63) is 59.9 Å². The van der Waals surface area contributed by atoms with Crippen LogP contribution in [0.5, 0.6) is 5.75 Å². The highest BCUT2D eigenvalue weighted by atomic mass is 16.5. The van der Waals surface area contributed by atoms with E-state index in [9.17, 15) is 9.59 Å². The number of piperazine rings is 1. The van der Waals surface area contributed by atoms with E-state index in [1.165, 1.54) is 0 Å². The van der Waals surface area contributed by atoms with Gasteiger partial charge in [-0.15, -0.1) is 0 Å². The van der Waals surface area contributed by atoms with Gasteiger partial charge in [-0.25, -0.2) is 0 Å². The Labute approximate surface area is 159 Å². The van der Waals surface area contributed by atoms with Crippen molar-refractivity contribution in [3.63, 3.8) is 0 Å². The molecule has 0 aliphatic carbocycles. The molecular weight excluding hydrogens is 342 g/mol. The molecule has 1 aliphatic rings. The Balaban J connectivity index is 1.57. The summed E-state index contributed by atoms with van der Waals surface area (Å²) in [5.41, 5.74) is 0.979. The lowest BCUT2D eigenvalue weighted by Crippen LogP contribution is -2.50. The number of pyridine rings is 1. The number of carbonyl (C=O) groups is 2. The Kier molecular flexibility index (Phi) is 5.44. The average Bonchev–Trinajstić information content (AvgIpc) is 2.67. The molecule has 1 saturated heterocycles. The first-order valence-corrected chi connectivity index (χ1v) is 9.11. The van der Waals surface area contributed by atoms with Crippen LogP contribution in [-0.2, 0) is 0 Å². The molecule has 1 aliphatic heterocycles. The molecule has 3 rings (SSSR count). The van der Waals surface area contributed by atoms with Crippen LogP contribution in [-0.4, -0.2) is 58.4 Å². The number of aromatic nitrogens is 1. The van der Waals surface area contributed by atoms with Gasteiger partial charge < -0.3 is 14.5 Å². The Hall–Kier alpha value is -2.89. The van der Waals surface area contributed by atoms with Crippen LogP contribution in [0.3, 0.4) is 0 Å². The molecule has 0 atom stereocenters. The maximum absolute atomic E-state index is 12.7. The molecule has 2 heterocycles. The van der Waals surface area contributed by atoms with Gasteiger partial charge in [-0.05, 0) is 57.2 Å². The number of amides is 2. The second kappa shape index (κ2) is 7.78. The van der Waals surface area contributed by atoms with Gasteiger partial charge in [-0.2, -0.15) is 0 Å². The van der Waals surface area contributed by atoms with Crippen molar-refractivity contribution in [2.45, 2.75) is 26.4 Å². The molecule has 2 amide bonds. The number of ether oxygens (including phenoxy) is 1. The number of hydrogen-bond acceptors (Lipinski definition) is 4. The van der Waals surface area contributed by atoms with E-state index in [2.05, 4.69) is 4.98 Å². The third kappa shape index (κ3) is 4.84. The van der Waals surface area contributed by atoms with Crippen LogP contribution in [0.1, 0.15) is 41.5 Å². The largest absolute Gasteiger partial charge is 0.488 e. The zero-order chi connectivity index (χ0) is 19.4. The summed E-state index contributed by atoms with van der Waals surface area (Å²) in [5, 5.41) is 0. The molecule has 6 nitrogen and oxygen atoms in total. The Morgan fingerprint density at radius 2 is 1.26 bits per heavy atom. The van der Waals surface area contributed by atoms with E-state index >= 15 is 0 Å². The first kappa shape index (κ1) is 18.9. The summed E-state index contributed by atoms with van der Waals surface area (Å²) in [6.07, 6.45) is 3.22. The molecule has 0 unspecified atom stereocenters. The van der Waals surface area contributed by atoms with Crippen LogP contribution in [0.2, 0.25) is 0 Å². The van der Waals surface area contributed by atoms with Crippen LogP contribution in [0, 0.1) is 0 Å². The fourth-order valence-electron chi connectivity index (χ4n) is 2.99. The minimum atomic E-state index is -0.275. The molecule has 0 bridgehead atoms. The van der Waals surface area contributed by atoms with Gasteiger partial charge in [0.2, 0.25) is 0 Å². The van der Waals surface area contributed by atoms with Gasteiger partial charge >= 0.3 is 0 Å². The third-order valence-electron chi connectivity index (χ3n) is 4.31. The fraction of sp³-hybridized carbons (Fsp3) is 0.381. The Morgan fingerprint density at radius 3 is 1.70 bits per heavy atom. The van der Waals surface area contributed by atoms with Gasteiger partial charge in [0.05, 0.1) is 0 Å². The maximum Gasteiger partial charge on any atom is 0.254 e. The number of benzene rings is 1. The summed E-state index contributed by atoms with van der Waals surface area (Å²) < 4.78 is 5.79. The second-order valence-corrected chi connectivity index (χ2v) is 7.56. The topological polar surface area (TPSA) is 62.7 Å². The van der Waals surface area contributed by atoms with Crippen molar-refractivity contribution in [1.29, 1.82) is 0 Å². The smallest absolute Gasteiger partial charge is 0.254 e. The minimum absolute atomic E-state index is 0.0201. The molecule has 6 heteroatoms. The number of nitrogens with zero attached hydrogens (tertiary/aromatic N) is 3. The fourth-order valence-corrected chi connectivity index (χ4v) is 2.99. The number of rotatable bonds is 3. The Morgan fingerprint density at radius 1 is 0.815 bits per heavy atom. The summed E-state index contributed by atoms with van der Waals surface area (Å²) in [4.78, 5) is 32.7. The average molecular weight is 367 g/mol. The zero-order valence-electron chi connectivity index (χ0n) is 16.0. The quantitative estimate of drug-likeness (QED) is 0.837. The van der Waals surface area contributed by atoms with E-state index < -0.39 is 0 Å². The third-order valence-corrected chi connectivity index (χ3v) is 4.31. The van der Waals surface area contributed by atoms with Gasteiger partial charge in [0.1, 0.15) is 11.4 Å². The van der Waals surface area contributed by atoms with Gasteiger partial charge in [0, 0.05) is 49.7 Å². The highest BCUT2D eigenvalue weighted by Gasteiger charge is 2.25. The predicted octanol–water partition coefficient (Wildman–Crippen LogP) is 2.86. The predicted molar refractivity (Wildman–Crippen MR) is 103 cm³/mol. The highest BCUT2D eigenvalue weighted by Crippen LogP contribution is 2.19. The molecule has 2 aromatic rings. The normalized spacial score (nSPS) is 14.8. The van der Waals surface area contributed by atoms with Crippen molar-refractivity contribution < 1.29 is 14.3 Å². The standard InChI is InChI=1S/C21H25N3O3/c1-21(2,3)27-18-6-4-16(5-7-18)19(25)23-12-14-24(15-13-23)20(26)17-8-10-22-11-9-17/h4-11H,12-15H2,1-3H3. The lowest BCUT2D eigenvalue weighted by Gasteiger charge is -2.35. The summed E-state index contributed by atoms with van der Waals surface area (Å²) >= 11 is 0. The zero-order valence-corrected chi connectivity index (χ0v) is 16.0. The van der Waals surface area contributed by atoms with Crippen LogP contribution in [0.4, 0.5) is 0 Å². The summed E-state index contributed by atoms with van der Waals surface area (Å²) in [5.74, 6) is 0.702. The van der Waals surface area contributed by atoms with E-state index in [4.69, 9.17) is 4.74 Å². The van der Waals surface area contributed by atoms with E-state index in [0.717, 1.165) is 5.75 Å². The number of hydrogen-bond donors (Lipinski definition) is 0. The number of carbonyl (C=O) groups excluding carboxylic acids is 2. The van der Waals surface area contributed by atoms with Crippen molar-refractivity contribution in [2.75, 3.05) is 26.2 Å². The molecule has 0 radical (unpaired) electrons. The lowest BCUT2D eigenvalue weighted by molar-refractivity contribution is 0.0535. The van der Waals surface area contributed by atoms with Crippen LogP contribution in [0.15, 0.2) is 48.8 Å². The molecule has 1 aromatic carbocycles. The van der Waals surface area contributed by atoms with Crippen molar-refractivity contribution in [2.24, 2.45) is 0 Å². The molecule has 1 fully saturated rings. The first-order chi connectivity index (χ1) is 12.8. The van der Waals surface area contributed by atoms with Gasteiger partial charge in [-0.1, -0.05) is 0 Å². The van der Waals surface area contributed by atoms with Crippen molar-refractivity contribution >= 4 is 11.8 Å². The summed E-state index contributed by atoms with van der Waals surface area (Å²) in [6, 6.07) is 10.6. The lowest BCUT2D eigenvalue weighted by atomic mass is 10.1. The van der Waals surface area contributed by atoms with Crippen LogP contribution < -0.4 is 4.74 Å². The molecule has 1 aromatic heterocycles. The molecule has 142 valence electrons. The monoisotopic (exact) mass is 367 g/mol. The first-order valence-electron chi connectivity index (χ1n) is 9.11. The maximum atomic E-state index is 12.7. The van der Waals surface area contributed by atoms with Crippen molar-refractivity contribution in [1.82, 2.24) is 14.8 Å². The molecule has 0 saturated carbocycles. The van der Waals surface area contributed by atoms with Gasteiger partial charge in [0.25, 0.3) is 11.8 Å². The molecule has 0 N–H and O–H groups in total. The Bertz CT molecular complexity index is 790. The van der Waals surface area contributed by atoms with Crippen molar-refractivity contribution in [3.8, 4) is 5.75 Å². The minimum Gasteiger partial charge on any atom is -0.488 e. The van der Waals surface area contributed by atoms with E-state index in [1.54, 1.807) is 46.5 Å². The van der Waals surface area contributed by atoms with Crippen LogP contribution >= 0.6 is 0 Å². The van der Waals surface area contributed by atoms with E-state index in [0.29, 0.717) is 37.3 Å². The summed E-state index contributed by atoms with van der Waals surface area (Å²) in [7, 11) is 0. The van der Waals surface area contributed by atoms with Gasteiger partial charge in [-0.3, -0.25) is 14.6 Å². The van der Waals surface area contributed by atoms with E-state index in [-0.39, 0.29) is 17.4 Å². The second-order valence-electron chi connectivity index (χ2n) is 7.56.